The maximum Gasteiger partial charge on any atom is 0.341 e. The van der Waals surface area contributed by atoms with Crippen molar-refractivity contribution in [1.82, 2.24) is 4.31 Å². The standard InChI is InChI=1S/C20H20F2N2O5S/c21-14-4-9-17(18(22)12-14)20(26)29-13-19(25)23-15-5-7-16(8-6-15)30(27,28)24-10-2-1-3-11-24/h4-9,12H,1-3,10-11,13H2,(H,23,25). The van der Waals surface area contributed by atoms with Crippen LogP contribution in [0.4, 0.5) is 14.5 Å². The number of sulfonamides is 1. The number of ether oxygens (including phenoxy) is 1. The van der Waals surface area contributed by atoms with Crippen LogP contribution in [0.25, 0.3) is 0 Å². The summed E-state index contributed by atoms with van der Waals surface area (Å²) in [5.74, 6) is -3.73. The Balaban J connectivity index is 1.56. The summed E-state index contributed by atoms with van der Waals surface area (Å²) in [6, 6.07) is 7.99. The van der Waals surface area contributed by atoms with Gasteiger partial charge in [0.25, 0.3) is 5.91 Å². The van der Waals surface area contributed by atoms with Crippen molar-refractivity contribution >= 4 is 27.6 Å². The van der Waals surface area contributed by atoms with Gasteiger partial charge in [-0.25, -0.2) is 22.0 Å². The summed E-state index contributed by atoms with van der Waals surface area (Å²) in [5.41, 5.74) is -0.182. The molecule has 1 saturated heterocycles. The van der Waals surface area contributed by atoms with Crippen LogP contribution in [0, 0.1) is 11.6 Å². The van der Waals surface area contributed by atoms with E-state index in [0.29, 0.717) is 24.8 Å². The summed E-state index contributed by atoms with van der Waals surface area (Å²) in [6.07, 6.45) is 2.66. The molecular weight excluding hydrogens is 418 g/mol. The molecule has 1 N–H and O–H groups in total. The third-order valence-electron chi connectivity index (χ3n) is 4.58. The molecule has 1 amide bonds. The number of esters is 1. The number of halogens is 2. The highest BCUT2D eigenvalue weighted by Gasteiger charge is 2.25. The Morgan fingerprint density at radius 3 is 2.30 bits per heavy atom. The molecule has 0 unspecified atom stereocenters. The van der Waals surface area contributed by atoms with Crippen molar-refractivity contribution in [3.63, 3.8) is 0 Å². The van der Waals surface area contributed by atoms with Gasteiger partial charge >= 0.3 is 5.97 Å². The summed E-state index contributed by atoms with van der Waals surface area (Å²) < 4.78 is 57.8. The van der Waals surface area contributed by atoms with E-state index in [9.17, 15) is 26.8 Å². The molecule has 0 spiro atoms. The zero-order chi connectivity index (χ0) is 21.7. The number of anilines is 1. The zero-order valence-corrected chi connectivity index (χ0v) is 16.8. The molecule has 10 heteroatoms. The van der Waals surface area contributed by atoms with Gasteiger partial charge in [0.05, 0.1) is 10.5 Å². The van der Waals surface area contributed by atoms with Gasteiger partial charge in [-0.05, 0) is 49.2 Å². The van der Waals surface area contributed by atoms with E-state index in [-0.39, 0.29) is 4.90 Å². The van der Waals surface area contributed by atoms with E-state index in [2.05, 4.69) is 5.32 Å². The lowest BCUT2D eigenvalue weighted by Crippen LogP contribution is -2.35. The van der Waals surface area contributed by atoms with Gasteiger partial charge in [-0.1, -0.05) is 6.42 Å². The minimum Gasteiger partial charge on any atom is -0.452 e. The number of carbonyl (C=O) groups excluding carboxylic acids is 2. The largest absolute Gasteiger partial charge is 0.452 e. The fourth-order valence-corrected chi connectivity index (χ4v) is 4.54. The van der Waals surface area contributed by atoms with Crippen LogP contribution in [0.5, 0.6) is 0 Å². The van der Waals surface area contributed by atoms with E-state index >= 15 is 0 Å². The van der Waals surface area contributed by atoms with Crippen molar-refractivity contribution in [2.75, 3.05) is 25.0 Å². The molecule has 0 saturated carbocycles. The van der Waals surface area contributed by atoms with Gasteiger partial charge in [-0.3, -0.25) is 4.79 Å². The summed E-state index contributed by atoms with van der Waals surface area (Å²) in [6.45, 7) is 0.283. The molecular formula is C20H20F2N2O5S. The monoisotopic (exact) mass is 438 g/mol. The summed E-state index contributed by atoms with van der Waals surface area (Å²) >= 11 is 0. The fourth-order valence-electron chi connectivity index (χ4n) is 3.03. The molecule has 160 valence electrons. The Morgan fingerprint density at radius 2 is 1.67 bits per heavy atom. The third kappa shape index (κ3) is 5.19. The molecule has 7 nitrogen and oxygen atoms in total. The number of nitrogens with one attached hydrogen (secondary N) is 1. The van der Waals surface area contributed by atoms with Gasteiger partial charge in [0.15, 0.2) is 6.61 Å². The topological polar surface area (TPSA) is 92.8 Å². The van der Waals surface area contributed by atoms with E-state index < -0.39 is 45.7 Å². The number of amides is 1. The normalized spacial score (nSPS) is 14.9. The first-order valence-electron chi connectivity index (χ1n) is 9.29. The quantitative estimate of drug-likeness (QED) is 0.700. The molecule has 0 bridgehead atoms. The second kappa shape index (κ2) is 9.31. The van der Waals surface area contributed by atoms with Crippen molar-refractivity contribution in [2.45, 2.75) is 24.2 Å². The lowest BCUT2D eigenvalue weighted by Gasteiger charge is -2.25. The van der Waals surface area contributed by atoms with Crippen LogP contribution in [0.1, 0.15) is 29.6 Å². The number of rotatable bonds is 6. The van der Waals surface area contributed by atoms with Gasteiger partial charge in [-0.2, -0.15) is 4.31 Å². The smallest absolute Gasteiger partial charge is 0.341 e. The van der Waals surface area contributed by atoms with Gasteiger partial charge in [0.1, 0.15) is 11.6 Å². The van der Waals surface area contributed by atoms with Crippen molar-refractivity contribution < 1.29 is 31.5 Å². The highest BCUT2D eigenvalue weighted by molar-refractivity contribution is 7.89. The number of benzene rings is 2. The first-order chi connectivity index (χ1) is 14.3. The highest BCUT2D eigenvalue weighted by atomic mass is 32.2. The van der Waals surface area contributed by atoms with Crippen LogP contribution in [0.3, 0.4) is 0 Å². The molecule has 0 aliphatic carbocycles. The van der Waals surface area contributed by atoms with E-state index in [1.165, 1.54) is 28.6 Å². The zero-order valence-electron chi connectivity index (χ0n) is 15.9. The van der Waals surface area contributed by atoms with Gasteiger partial charge < -0.3 is 10.1 Å². The molecule has 1 heterocycles. The number of carbonyl (C=O) groups is 2. The van der Waals surface area contributed by atoms with E-state index in [0.717, 1.165) is 31.4 Å². The summed E-state index contributed by atoms with van der Waals surface area (Å²) in [4.78, 5) is 23.9. The van der Waals surface area contributed by atoms with E-state index in [4.69, 9.17) is 4.74 Å². The second-order valence-corrected chi connectivity index (χ2v) is 8.68. The number of hydrogen-bond acceptors (Lipinski definition) is 5. The molecule has 1 aliphatic rings. The van der Waals surface area contributed by atoms with Gasteiger partial charge in [0.2, 0.25) is 10.0 Å². The Morgan fingerprint density at radius 1 is 1.00 bits per heavy atom. The Bertz CT molecular complexity index is 1040. The molecule has 0 atom stereocenters. The lowest BCUT2D eigenvalue weighted by molar-refractivity contribution is -0.119. The predicted octanol–water partition coefficient (Wildman–Crippen LogP) is 2.93. The maximum atomic E-state index is 13.5. The number of nitrogens with zero attached hydrogens (tertiary/aromatic N) is 1. The molecule has 0 radical (unpaired) electrons. The average molecular weight is 438 g/mol. The molecule has 0 aromatic heterocycles. The Hall–Kier alpha value is -2.85. The molecule has 2 aromatic rings. The molecule has 3 rings (SSSR count). The first kappa shape index (κ1) is 21.8. The average Bonchev–Trinajstić information content (AvgIpc) is 2.73. The Kier molecular flexibility index (Phi) is 6.78. The highest BCUT2D eigenvalue weighted by Crippen LogP contribution is 2.22. The second-order valence-electron chi connectivity index (χ2n) is 6.74. The SMILES string of the molecule is O=C(COC(=O)c1ccc(F)cc1F)Nc1ccc(S(=O)(=O)N2CCCCC2)cc1. The van der Waals surface area contributed by atoms with Crippen LogP contribution < -0.4 is 5.32 Å². The lowest BCUT2D eigenvalue weighted by atomic mass is 10.2. The van der Waals surface area contributed by atoms with Crippen LogP contribution in [0.2, 0.25) is 0 Å². The number of piperidine rings is 1. The summed E-state index contributed by atoms with van der Waals surface area (Å²) in [7, 11) is -3.58. The molecule has 1 aliphatic heterocycles. The van der Waals surface area contributed by atoms with Crippen LogP contribution in [0.15, 0.2) is 47.4 Å². The van der Waals surface area contributed by atoms with Crippen molar-refractivity contribution in [3.8, 4) is 0 Å². The number of hydrogen-bond donors (Lipinski definition) is 1. The molecule has 2 aromatic carbocycles. The Labute approximate surface area is 172 Å². The first-order valence-corrected chi connectivity index (χ1v) is 10.7. The van der Waals surface area contributed by atoms with Crippen molar-refractivity contribution in [2.24, 2.45) is 0 Å². The fraction of sp³-hybridized carbons (Fsp3) is 0.300. The minimum atomic E-state index is -3.58. The van der Waals surface area contributed by atoms with E-state index in [1.807, 2.05) is 0 Å². The van der Waals surface area contributed by atoms with Crippen LogP contribution in [-0.4, -0.2) is 44.3 Å². The van der Waals surface area contributed by atoms with Crippen LogP contribution >= 0.6 is 0 Å². The van der Waals surface area contributed by atoms with Gasteiger partial charge in [-0.15, -0.1) is 0 Å². The minimum absolute atomic E-state index is 0.126. The van der Waals surface area contributed by atoms with Crippen molar-refractivity contribution in [3.05, 3.63) is 59.7 Å². The summed E-state index contributed by atoms with van der Waals surface area (Å²) in [5, 5.41) is 2.45. The van der Waals surface area contributed by atoms with Crippen LogP contribution in [-0.2, 0) is 19.6 Å². The van der Waals surface area contributed by atoms with Crippen molar-refractivity contribution in [1.29, 1.82) is 0 Å². The van der Waals surface area contributed by atoms with E-state index in [1.54, 1.807) is 0 Å². The molecule has 30 heavy (non-hydrogen) atoms. The maximum absolute atomic E-state index is 13.5. The predicted molar refractivity (Wildman–Crippen MR) is 104 cm³/mol. The van der Waals surface area contributed by atoms with Gasteiger partial charge in [0, 0.05) is 24.8 Å². The third-order valence-corrected chi connectivity index (χ3v) is 6.49. The molecule has 1 fully saturated rings.